The average molecular weight is 291 g/mol. The second-order valence-corrected chi connectivity index (χ2v) is 4.70. The van der Waals surface area contributed by atoms with Crippen LogP contribution in [0.5, 0.6) is 5.75 Å². The minimum absolute atomic E-state index is 0.437. The van der Waals surface area contributed by atoms with Gasteiger partial charge in [-0.1, -0.05) is 48.0 Å². The van der Waals surface area contributed by atoms with Crippen molar-refractivity contribution in [1.29, 1.82) is 0 Å². The Kier molecular flexibility index (Phi) is 4.64. The van der Waals surface area contributed by atoms with Crippen molar-refractivity contribution in [3.05, 3.63) is 53.6 Å². The number of ether oxygens (including phenoxy) is 2. The van der Waals surface area contributed by atoms with Crippen LogP contribution in [-0.4, -0.2) is 19.2 Å². The Morgan fingerprint density at radius 2 is 1.80 bits per heavy atom. The molecule has 0 radical (unpaired) electrons. The molecule has 3 nitrogen and oxygen atoms in total. The third kappa shape index (κ3) is 3.31. The third-order valence-corrected chi connectivity index (χ3v) is 3.17. The van der Waals surface area contributed by atoms with E-state index in [0.717, 1.165) is 11.1 Å². The van der Waals surface area contributed by atoms with Gasteiger partial charge in [0.1, 0.15) is 5.75 Å². The van der Waals surface area contributed by atoms with Gasteiger partial charge in [0.2, 0.25) is 0 Å². The Hall–Kier alpha value is -2.00. The van der Waals surface area contributed by atoms with Crippen LogP contribution in [0.25, 0.3) is 11.1 Å². The summed E-state index contributed by atoms with van der Waals surface area (Å²) in [5.74, 6) is 0.0254. The fourth-order valence-corrected chi connectivity index (χ4v) is 2.04. The molecule has 20 heavy (non-hydrogen) atoms. The first-order valence-corrected chi connectivity index (χ1v) is 6.59. The van der Waals surface area contributed by atoms with Crippen molar-refractivity contribution in [2.75, 3.05) is 7.11 Å². The van der Waals surface area contributed by atoms with Gasteiger partial charge in [-0.2, -0.15) is 0 Å². The van der Waals surface area contributed by atoms with Crippen LogP contribution in [-0.2, 0) is 9.53 Å². The summed E-state index contributed by atoms with van der Waals surface area (Å²) >= 11 is 6.19. The smallest absolute Gasteiger partial charge is 0.346 e. The summed E-state index contributed by atoms with van der Waals surface area (Å²) in [4.78, 5) is 11.3. The van der Waals surface area contributed by atoms with Crippen LogP contribution in [0.1, 0.15) is 6.92 Å². The van der Waals surface area contributed by atoms with Gasteiger partial charge in [-0.05, 0) is 30.2 Å². The number of carbonyl (C=O) groups is 1. The molecular weight excluding hydrogens is 276 g/mol. The maximum absolute atomic E-state index is 11.3. The van der Waals surface area contributed by atoms with Gasteiger partial charge < -0.3 is 9.47 Å². The number of methoxy groups -OCH3 is 1. The molecule has 0 saturated carbocycles. The summed E-state index contributed by atoms with van der Waals surface area (Å²) < 4.78 is 10.1. The zero-order valence-electron chi connectivity index (χ0n) is 11.3. The van der Waals surface area contributed by atoms with Crippen LogP contribution >= 0.6 is 11.6 Å². The van der Waals surface area contributed by atoms with E-state index in [1.807, 2.05) is 42.5 Å². The van der Waals surface area contributed by atoms with Gasteiger partial charge in [0.25, 0.3) is 0 Å². The Balaban J connectivity index is 2.20. The first-order chi connectivity index (χ1) is 9.61. The molecule has 0 fully saturated rings. The molecule has 0 spiro atoms. The van der Waals surface area contributed by atoms with E-state index in [4.69, 9.17) is 16.3 Å². The second-order valence-electron chi connectivity index (χ2n) is 4.29. The molecule has 0 saturated heterocycles. The first kappa shape index (κ1) is 14.4. The second kappa shape index (κ2) is 6.44. The Labute approximate surface area is 123 Å². The predicted molar refractivity (Wildman–Crippen MR) is 79.0 cm³/mol. The molecule has 1 atom stereocenters. The molecule has 0 heterocycles. The highest BCUT2D eigenvalue weighted by atomic mass is 35.5. The SMILES string of the molecule is COC(=O)[C@@H](C)Oc1ccc(-c2ccccc2)cc1Cl. The van der Waals surface area contributed by atoms with Crippen molar-refractivity contribution >= 4 is 17.6 Å². The molecular formula is C16H15ClO3. The molecule has 0 bridgehead atoms. The molecule has 0 aliphatic rings. The van der Waals surface area contributed by atoms with Crippen molar-refractivity contribution in [3.63, 3.8) is 0 Å². The van der Waals surface area contributed by atoms with E-state index in [9.17, 15) is 4.79 Å². The van der Waals surface area contributed by atoms with Crippen LogP contribution in [0.2, 0.25) is 5.02 Å². The largest absolute Gasteiger partial charge is 0.477 e. The van der Waals surface area contributed by atoms with E-state index in [1.165, 1.54) is 7.11 Å². The molecule has 0 amide bonds. The van der Waals surface area contributed by atoms with Crippen LogP contribution in [0, 0.1) is 0 Å². The standard InChI is InChI=1S/C16H15ClO3/c1-11(16(18)19-2)20-15-9-8-13(10-14(15)17)12-6-4-3-5-7-12/h3-11H,1-2H3/t11-/m1/s1. The summed E-state index contributed by atoms with van der Waals surface area (Å²) in [7, 11) is 1.32. The average Bonchev–Trinajstić information content (AvgIpc) is 2.49. The summed E-state index contributed by atoms with van der Waals surface area (Å²) in [6.45, 7) is 1.62. The normalized spacial score (nSPS) is 11.8. The molecule has 0 unspecified atom stereocenters. The first-order valence-electron chi connectivity index (χ1n) is 6.21. The van der Waals surface area contributed by atoms with Gasteiger partial charge in [0, 0.05) is 0 Å². The minimum Gasteiger partial charge on any atom is -0.477 e. The monoisotopic (exact) mass is 290 g/mol. The summed E-state index contributed by atoms with van der Waals surface area (Å²) in [5.41, 5.74) is 2.07. The molecule has 0 aromatic heterocycles. The molecule has 4 heteroatoms. The van der Waals surface area contributed by atoms with E-state index in [0.29, 0.717) is 10.8 Å². The van der Waals surface area contributed by atoms with Crippen molar-refractivity contribution in [2.24, 2.45) is 0 Å². The lowest BCUT2D eigenvalue weighted by molar-refractivity contribution is -0.147. The third-order valence-electron chi connectivity index (χ3n) is 2.88. The molecule has 2 aromatic carbocycles. The van der Waals surface area contributed by atoms with E-state index in [2.05, 4.69) is 4.74 Å². The van der Waals surface area contributed by atoms with Gasteiger partial charge in [0.15, 0.2) is 6.10 Å². The molecule has 2 aromatic rings. The maximum atomic E-state index is 11.3. The van der Waals surface area contributed by atoms with Crippen LogP contribution < -0.4 is 4.74 Å². The molecule has 104 valence electrons. The van der Waals surface area contributed by atoms with E-state index in [-0.39, 0.29) is 0 Å². The summed E-state index contributed by atoms with van der Waals surface area (Å²) in [6, 6.07) is 15.4. The number of halogens is 1. The highest BCUT2D eigenvalue weighted by molar-refractivity contribution is 6.32. The van der Waals surface area contributed by atoms with E-state index < -0.39 is 12.1 Å². The van der Waals surface area contributed by atoms with E-state index >= 15 is 0 Å². The van der Waals surface area contributed by atoms with Gasteiger partial charge in [0.05, 0.1) is 12.1 Å². The molecule has 2 rings (SSSR count). The lowest BCUT2D eigenvalue weighted by atomic mass is 10.1. The number of hydrogen-bond acceptors (Lipinski definition) is 3. The van der Waals surface area contributed by atoms with Gasteiger partial charge in [-0.15, -0.1) is 0 Å². The number of benzene rings is 2. The topological polar surface area (TPSA) is 35.5 Å². The Morgan fingerprint density at radius 3 is 2.40 bits per heavy atom. The highest BCUT2D eigenvalue weighted by Crippen LogP contribution is 2.31. The highest BCUT2D eigenvalue weighted by Gasteiger charge is 2.16. The number of hydrogen-bond donors (Lipinski definition) is 0. The zero-order valence-corrected chi connectivity index (χ0v) is 12.1. The fraction of sp³-hybridized carbons (Fsp3) is 0.188. The zero-order chi connectivity index (χ0) is 14.5. The Morgan fingerprint density at radius 1 is 1.10 bits per heavy atom. The van der Waals surface area contributed by atoms with Crippen molar-refractivity contribution in [1.82, 2.24) is 0 Å². The molecule has 0 N–H and O–H groups in total. The van der Waals surface area contributed by atoms with Crippen LogP contribution in [0.3, 0.4) is 0 Å². The molecule has 0 aliphatic heterocycles. The van der Waals surface area contributed by atoms with Crippen LogP contribution in [0.15, 0.2) is 48.5 Å². The van der Waals surface area contributed by atoms with Crippen molar-refractivity contribution in [3.8, 4) is 16.9 Å². The van der Waals surface area contributed by atoms with Crippen molar-refractivity contribution in [2.45, 2.75) is 13.0 Å². The number of rotatable bonds is 4. The molecule has 0 aliphatic carbocycles. The lowest BCUT2D eigenvalue weighted by Gasteiger charge is -2.14. The maximum Gasteiger partial charge on any atom is 0.346 e. The van der Waals surface area contributed by atoms with Crippen molar-refractivity contribution < 1.29 is 14.3 Å². The Bertz CT molecular complexity index is 596. The van der Waals surface area contributed by atoms with E-state index in [1.54, 1.807) is 13.0 Å². The number of esters is 1. The van der Waals surface area contributed by atoms with Gasteiger partial charge in [-0.3, -0.25) is 0 Å². The van der Waals surface area contributed by atoms with Gasteiger partial charge >= 0.3 is 5.97 Å². The lowest BCUT2D eigenvalue weighted by Crippen LogP contribution is -2.24. The summed E-state index contributed by atoms with van der Waals surface area (Å²) in [5, 5.41) is 0.460. The fourth-order valence-electron chi connectivity index (χ4n) is 1.81. The van der Waals surface area contributed by atoms with Crippen LogP contribution in [0.4, 0.5) is 0 Å². The van der Waals surface area contributed by atoms with Gasteiger partial charge in [-0.25, -0.2) is 4.79 Å². The predicted octanol–water partition coefficient (Wildman–Crippen LogP) is 3.95. The quantitative estimate of drug-likeness (QED) is 0.800. The minimum atomic E-state index is -0.694. The summed E-state index contributed by atoms with van der Waals surface area (Å²) in [6.07, 6.45) is -0.694. The number of carbonyl (C=O) groups excluding carboxylic acids is 1.